The second-order valence-electron chi connectivity index (χ2n) is 6.38. The fourth-order valence-corrected chi connectivity index (χ4v) is 4.91. The summed E-state index contributed by atoms with van der Waals surface area (Å²) in [5, 5.41) is 11.7. The normalized spacial score (nSPS) is 24.4. The summed E-state index contributed by atoms with van der Waals surface area (Å²) in [6.07, 6.45) is 0.951. The van der Waals surface area contributed by atoms with Crippen LogP contribution in [0.5, 0.6) is 0 Å². The van der Waals surface area contributed by atoms with Crippen molar-refractivity contribution < 1.29 is 23.1 Å². The predicted molar refractivity (Wildman–Crippen MR) is 85.9 cm³/mol. The van der Waals surface area contributed by atoms with Crippen LogP contribution in [-0.4, -0.2) is 66.2 Å². The first-order valence-electron chi connectivity index (χ1n) is 7.79. The number of hydrogen-bond donors (Lipinski definition) is 2. The summed E-state index contributed by atoms with van der Waals surface area (Å²) < 4.78 is 28.1. The van der Waals surface area contributed by atoms with Crippen molar-refractivity contribution in [3.05, 3.63) is 0 Å². The van der Waals surface area contributed by atoms with Crippen LogP contribution in [0.15, 0.2) is 0 Å². The zero-order valence-electron chi connectivity index (χ0n) is 14.2. The molecular weight excluding hydrogens is 322 g/mol. The average molecular weight is 349 g/mol. The van der Waals surface area contributed by atoms with Gasteiger partial charge in [-0.25, -0.2) is 0 Å². The molecule has 0 bridgehead atoms. The van der Waals surface area contributed by atoms with E-state index >= 15 is 0 Å². The summed E-state index contributed by atoms with van der Waals surface area (Å²) in [6, 6.07) is -1.19. The van der Waals surface area contributed by atoms with Crippen LogP contribution in [0, 0.1) is 11.8 Å². The summed E-state index contributed by atoms with van der Waals surface area (Å²) in [7, 11) is -3.90. The van der Waals surface area contributed by atoms with Gasteiger partial charge in [0.25, 0.3) is 10.2 Å². The first kappa shape index (κ1) is 19.9. The topological polar surface area (TPSA) is 107 Å². The Morgan fingerprint density at radius 2 is 1.83 bits per heavy atom. The summed E-state index contributed by atoms with van der Waals surface area (Å²) in [5.74, 6) is -1.04. The van der Waals surface area contributed by atoms with E-state index in [2.05, 4.69) is 5.32 Å². The highest BCUT2D eigenvalue weighted by atomic mass is 32.2. The molecule has 0 aromatic heterocycles. The number of aliphatic carboxylic acids is 1. The zero-order valence-corrected chi connectivity index (χ0v) is 15.0. The van der Waals surface area contributed by atoms with Crippen LogP contribution in [-0.2, 0) is 19.8 Å². The van der Waals surface area contributed by atoms with E-state index in [1.807, 2.05) is 13.8 Å². The van der Waals surface area contributed by atoms with Crippen LogP contribution in [0.25, 0.3) is 0 Å². The highest BCUT2D eigenvalue weighted by molar-refractivity contribution is 7.86. The maximum atomic E-state index is 12.9. The van der Waals surface area contributed by atoms with Crippen molar-refractivity contribution in [2.75, 3.05) is 26.2 Å². The summed E-state index contributed by atoms with van der Waals surface area (Å²) in [5.41, 5.74) is 0. The van der Waals surface area contributed by atoms with Crippen molar-refractivity contribution >= 4 is 22.1 Å². The minimum atomic E-state index is -3.90. The molecule has 9 heteroatoms. The molecule has 23 heavy (non-hydrogen) atoms. The number of carboxylic acids is 1. The van der Waals surface area contributed by atoms with Gasteiger partial charge >= 0.3 is 5.97 Å². The Labute approximate surface area is 138 Å². The molecule has 0 aliphatic carbocycles. The number of carbonyl (C=O) groups excluding carboxylic acids is 1. The van der Waals surface area contributed by atoms with E-state index in [1.54, 1.807) is 0 Å². The van der Waals surface area contributed by atoms with Gasteiger partial charge in [0.15, 0.2) is 0 Å². The van der Waals surface area contributed by atoms with E-state index in [-0.39, 0.29) is 30.8 Å². The van der Waals surface area contributed by atoms with Gasteiger partial charge in [0, 0.05) is 33.1 Å². The fourth-order valence-electron chi connectivity index (χ4n) is 2.92. The largest absolute Gasteiger partial charge is 0.480 e. The third-order valence-electron chi connectivity index (χ3n) is 3.95. The van der Waals surface area contributed by atoms with E-state index < -0.39 is 22.2 Å². The maximum Gasteiger partial charge on any atom is 0.321 e. The van der Waals surface area contributed by atoms with Gasteiger partial charge in [-0.2, -0.15) is 17.0 Å². The molecule has 0 aromatic rings. The van der Waals surface area contributed by atoms with Crippen LogP contribution < -0.4 is 5.32 Å². The molecule has 0 spiro atoms. The monoisotopic (exact) mass is 349 g/mol. The molecular formula is C14H27N3O5S. The third kappa shape index (κ3) is 5.43. The Morgan fingerprint density at radius 1 is 1.30 bits per heavy atom. The number of carbonyl (C=O) groups is 2. The van der Waals surface area contributed by atoms with Crippen molar-refractivity contribution in [1.82, 2.24) is 13.9 Å². The molecule has 3 atom stereocenters. The highest BCUT2D eigenvalue weighted by Gasteiger charge is 2.38. The Hall–Kier alpha value is -1.19. The van der Waals surface area contributed by atoms with E-state index in [0.717, 1.165) is 10.7 Å². The summed E-state index contributed by atoms with van der Waals surface area (Å²) >= 11 is 0. The Morgan fingerprint density at radius 3 is 2.26 bits per heavy atom. The van der Waals surface area contributed by atoms with Crippen molar-refractivity contribution in [2.24, 2.45) is 11.8 Å². The number of piperidine rings is 1. The molecule has 1 aliphatic heterocycles. The Bertz CT molecular complexity index is 527. The minimum absolute atomic E-state index is 0.0745. The zero-order chi connectivity index (χ0) is 17.8. The number of hydrogen-bond acceptors (Lipinski definition) is 4. The van der Waals surface area contributed by atoms with Gasteiger partial charge in [-0.3, -0.25) is 9.59 Å². The first-order chi connectivity index (χ1) is 10.6. The lowest BCUT2D eigenvalue weighted by atomic mass is 9.94. The molecule has 3 unspecified atom stereocenters. The molecule has 1 amide bonds. The number of rotatable bonds is 7. The van der Waals surface area contributed by atoms with Crippen LogP contribution in [0.4, 0.5) is 0 Å². The standard InChI is InChI=1S/C14H27N3O5S/c1-10-7-11(2)9-16(8-10)23(21,22)17(12(3)14(19)20)6-5-15-13(4)18/h10-12H,5-9H2,1-4H3,(H,15,18)(H,19,20). The van der Waals surface area contributed by atoms with Crippen LogP contribution in [0.2, 0.25) is 0 Å². The van der Waals surface area contributed by atoms with Gasteiger partial charge in [-0.15, -0.1) is 0 Å². The molecule has 0 radical (unpaired) electrons. The van der Waals surface area contributed by atoms with Crippen molar-refractivity contribution in [3.8, 4) is 0 Å². The number of carboxylic acid groups (broad SMARTS) is 1. The van der Waals surface area contributed by atoms with Crippen molar-refractivity contribution in [1.29, 1.82) is 0 Å². The average Bonchev–Trinajstić information content (AvgIpc) is 2.41. The molecule has 1 heterocycles. The van der Waals surface area contributed by atoms with Gasteiger partial charge < -0.3 is 10.4 Å². The number of nitrogens with one attached hydrogen (secondary N) is 1. The molecule has 134 valence electrons. The third-order valence-corrected chi connectivity index (χ3v) is 6.00. The van der Waals surface area contributed by atoms with Gasteiger partial charge in [-0.1, -0.05) is 13.8 Å². The highest BCUT2D eigenvalue weighted by Crippen LogP contribution is 2.25. The predicted octanol–water partition coefficient (Wildman–Crippen LogP) is 0.120. The molecule has 2 N–H and O–H groups in total. The quantitative estimate of drug-likeness (QED) is 0.679. The molecule has 1 aliphatic rings. The lowest BCUT2D eigenvalue weighted by Gasteiger charge is -2.38. The molecule has 8 nitrogen and oxygen atoms in total. The lowest BCUT2D eigenvalue weighted by Crippen LogP contribution is -2.55. The van der Waals surface area contributed by atoms with Crippen molar-refractivity contribution in [2.45, 2.75) is 40.2 Å². The van der Waals surface area contributed by atoms with Crippen molar-refractivity contribution in [3.63, 3.8) is 0 Å². The Balaban J connectivity index is 2.97. The second-order valence-corrected chi connectivity index (χ2v) is 8.26. The number of amides is 1. The van der Waals surface area contributed by atoms with Gasteiger partial charge in [0.05, 0.1) is 0 Å². The van der Waals surface area contributed by atoms with Gasteiger partial charge in [0.2, 0.25) is 5.91 Å². The summed E-state index contributed by atoms with van der Waals surface area (Å²) in [4.78, 5) is 22.2. The minimum Gasteiger partial charge on any atom is -0.480 e. The van der Waals surface area contributed by atoms with E-state index in [4.69, 9.17) is 0 Å². The van der Waals surface area contributed by atoms with Gasteiger partial charge in [0.1, 0.15) is 6.04 Å². The maximum absolute atomic E-state index is 12.9. The van der Waals surface area contributed by atoms with Crippen LogP contribution in [0.3, 0.4) is 0 Å². The molecule has 1 rings (SSSR count). The SMILES string of the molecule is CC(=O)NCCN(C(C)C(=O)O)S(=O)(=O)N1CC(C)CC(C)C1. The second kappa shape index (κ2) is 8.07. The van der Waals surface area contributed by atoms with Crippen LogP contribution >= 0.6 is 0 Å². The van der Waals surface area contributed by atoms with E-state index in [0.29, 0.717) is 13.1 Å². The van der Waals surface area contributed by atoms with E-state index in [9.17, 15) is 23.1 Å². The van der Waals surface area contributed by atoms with E-state index in [1.165, 1.54) is 18.2 Å². The van der Waals surface area contributed by atoms with Gasteiger partial charge in [-0.05, 0) is 25.2 Å². The fraction of sp³-hybridized carbons (Fsp3) is 0.857. The molecule has 1 saturated heterocycles. The smallest absolute Gasteiger partial charge is 0.321 e. The molecule has 0 saturated carbocycles. The molecule has 0 aromatic carbocycles. The Kier molecular flexibility index (Phi) is 6.97. The summed E-state index contributed by atoms with van der Waals surface area (Å²) in [6.45, 7) is 7.41. The lowest BCUT2D eigenvalue weighted by molar-refractivity contribution is -0.140. The van der Waals surface area contributed by atoms with Crippen LogP contribution in [0.1, 0.15) is 34.1 Å². The first-order valence-corrected chi connectivity index (χ1v) is 9.19. The molecule has 1 fully saturated rings. The number of nitrogens with zero attached hydrogens (tertiary/aromatic N) is 2.